The summed E-state index contributed by atoms with van der Waals surface area (Å²) < 4.78 is 6.78. The predicted molar refractivity (Wildman–Crippen MR) is 144 cm³/mol. The zero-order valence-corrected chi connectivity index (χ0v) is 22.3. The van der Waals surface area contributed by atoms with Gasteiger partial charge in [-0.3, -0.25) is 14.3 Å². The van der Waals surface area contributed by atoms with Crippen LogP contribution in [0.5, 0.6) is 5.75 Å². The summed E-state index contributed by atoms with van der Waals surface area (Å²) in [6.07, 6.45) is 5.93. The Kier molecular flexibility index (Phi) is 9.83. The van der Waals surface area contributed by atoms with Gasteiger partial charge in [-0.1, -0.05) is 37.6 Å². The zero-order valence-electron chi connectivity index (χ0n) is 22.3. The van der Waals surface area contributed by atoms with Crippen LogP contribution in [0, 0.1) is 5.92 Å². The Balaban J connectivity index is 1.61. The van der Waals surface area contributed by atoms with Crippen molar-refractivity contribution >= 4 is 22.6 Å². The molecule has 1 unspecified atom stereocenters. The van der Waals surface area contributed by atoms with Crippen LogP contribution in [-0.4, -0.2) is 51.9 Å². The van der Waals surface area contributed by atoms with Crippen molar-refractivity contribution in [2.45, 2.75) is 65.0 Å². The monoisotopic (exact) mass is 509 g/mol. The molecule has 3 rings (SSSR count). The summed E-state index contributed by atoms with van der Waals surface area (Å²) in [5, 5.41) is 28.7. The number of carbonyl (C=O) groups is 2. The second kappa shape index (κ2) is 12.8. The molecule has 2 aromatic carbocycles. The number of aromatic nitrogens is 2. The summed E-state index contributed by atoms with van der Waals surface area (Å²) in [5.74, 6) is 0.00609. The Morgan fingerprint density at radius 1 is 1.14 bits per heavy atom. The van der Waals surface area contributed by atoms with Gasteiger partial charge in [0.25, 0.3) is 5.91 Å². The molecule has 8 nitrogen and oxygen atoms in total. The lowest BCUT2D eigenvalue weighted by molar-refractivity contribution is 0.0784. The fraction of sp³-hybridized carbons (Fsp3) is 0.483. The zero-order chi connectivity index (χ0) is 27.0. The first-order chi connectivity index (χ1) is 17.6. The molecule has 200 valence electrons. The largest absolute Gasteiger partial charge is 0.506 e. The molecule has 1 atom stereocenters. The molecule has 1 heterocycles. The summed E-state index contributed by atoms with van der Waals surface area (Å²) in [7, 11) is 1.56. The Bertz CT molecular complexity index is 1190. The maximum absolute atomic E-state index is 12.7. The number of ether oxygens (including phenoxy) is 1. The first-order valence-electron chi connectivity index (χ1n) is 13.0. The number of phenols is 1. The summed E-state index contributed by atoms with van der Waals surface area (Å²) in [4.78, 5) is 25.1. The molecule has 8 heteroatoms. The Morgan fingerprint density at radius 3 is 2.51 bits per heavy atom. The van der Waals surface area contributed by atoms with Gasteiger partial charge in [0.1, 0.15) is 5.75 Å². The minimum absolute atomic E-state index is 0.0769. The second-order valence-corrected chi connectivity index (χ2v) is 10.1. The van der Waals surface area contributed by atoms with Crippen LogP contribution in [0.25, 0.3) is 10.9 Å². The molecule has 0 radical (unpaired) electrons. The third kappa shape index (κ3) is 7.63. The van der Waals surface area contributed by atoms with Crippen LogP contribution in [0.4, 0.5) is 0 Å². The molecule has 3 N–H and O–H groups in total. The van der Waals surface area contributed by atoms with Gasteiger partial charge in [-0.15, -0.1) is 0 Å². The molecule has 0 aliphatic rings. The number of amides is 1. The van der Waals surface area contributed by atoms with E-state index in [0.29, 0.717) is 48.5 Å². The highest BCUT2D eigenvalue weighted by atomic mass is 16.5. The summed E-state index contributed by atoms with van der Waals surface area (Å²) in [6, 6.07) is 10.5. The van der Waals surface area contributed by atoms with E-state index in [0.717, 1.165) is 31.2 Å². The number of fused-ring (bicyclic) bond motifs is 1. The minimum Gasteiger partial charge on any atom is -0.506 e. The molecule has 0 bridgehead atoms. The van der Waals surface area contributed by atoms with Gasteiger partial charge in [-0.25, -0.2) is 0 Å². The lowest BCUT2D eigenvalue weighted by atomic mass is 9.93. The van der Waals surface area contributed by atoms with Crippen LogP contribution in [0.15, 0.2) is 42.6 Å². The highest BCUT2D eigenvalue weighted by molar-refractivity contribution is 6.02. The SMILES string of the molecule is CCCC(CCCC(=O)c1ccc(C(C)(C)O)cc1)Cn1cc2c(O)c(C(=O)NCCOC)ccc2n1. The van der Waals surface area contributed by atoms with E-state index < -0.39 is 5.60 Å². The van der Waals surface area contributed by atoms with Crippen LogP contribution in [0.2, 0.25) is 0 Å². The smallest absolute Gasteiger partial charge is 0.255 e. The van der Waals surface area contributed by atoms with Crippen LogP contribution in [0.3, 0.4) is 0 Å². The molecular weight excluding hydrogens is 470 g/mol. The third-order valence-corrected chi connectivity index (χ3v) is 6.62. The average Bonchev–Trinajstić information content (AvgIpc) is 3.27. The number of phenolic OH excluding ortho intramolecular Hbond substituents is 1. The lowest BCUT2D eigenvalue weighted by Gasteiger charge is -2.18. The molecule has 0 saturated heterocycles. The highest BCUT2D eigenvalue weighted by Crippen LogP contribution is 2.29. The van der Waals surface area contributed by atoms with Crippen molar-refractivity contribution in [1.82, 2.24) is 15.1 Å². The highest BCUT2D eigenvalue weighted by Gasteiger charge is 2.19. The normalized spacial score (nSPS) is 12.6. The Hall–Kier alpha value is -3.23. The fourth-order valence-corrected chi connectivity index (χ4v) is 4.53. The van der Waals surface area contributed by atoms with Gasteiger partial charge in [0.05, 0.1) is 28.7 Å². The van der Waals surface area contributed by atoms with E-state index in [9.17, 15) is 19.8 Å². The molecule has 3 aromatic rings. The number of aliphatic hydroxyl groups is 1. The number of rotatable bonds is 14. The number of ketones is 1. The third-order valence-electron chi connectivity index (χ3n) is 6.62. The van der Waals surface area contributed by atoms with Gasteiger partial charge >= 0.3 is 0 Å². The summed E-state index contributed by atoms with van der Waals surface area (Å²) in [5.41, 5.74) is 1.36. The van der Waals surface area contributed by atoms with Crippen LogP contribution < -0.4 is 5.32 Å². The van der Waals surface area contributed by atoms with Crippen LogP contribution in [-0.2, 0) is 16.9 Å². The minimum atomic E-state index is -0.929. The van der Waals surface area contributed by atoms with E-state index in [4.69, 9.17) is 4.74 Å². The average molecular weight is 510 g/mol. The maximum Gasteiger partial charge on any atom is 0.255 e. The number of hydrogen-bond donors (Lipinski definition) is 3. The van der Waals surface area contributed by atoms with E-state index in [1.165, 1.54) is 0 Å². The van der Waals surface area contributed by atoms with Crippen molar-refractivity contribution < 1.29 is 24.5 Å². The molecule has 0 aliphatic heterocycles. The van der Waals surface area contributed by atoms with Gasteiger partial charge in [0.2, 0.25) is 0 Å². The number of nitrogens with one attached hydrogen (secondary N) is 1. The van der Waals surface area contributed by atoms with Crippen molar-refractivity contribution in [3.05, 3.63) is 59.3 Å². The molecular formula is C29H39N3O5. The van der Waals surface area contributed by atoms with Crippen molar-refractivity contribution in [2.75, 3.05) is 20.3 Å². The topological polar surface area (TPSA) is 114 Å². The summed E-state index contributed by atoms with van der Waals surface area (Å²) in [6.45, 7) is 7.02. The Labute approximate surface area is 218 Å². The molecule has 37 heavy (non-hydrogen) atoms. The van der Waals surface area contributed by atoms with E-state index in [-0.39, 0.29) is 23.0 Å². The number of aromatic hydroxyl groups is 1. The molecule has 0 aliphatic carbocycles. The van der Waals surface area contributed by atoms with Gasteiger partial charge in [0.15, 0.2) is 5.78 Å². The molecule has 0 fully saturated rings. The van der Waals surface area contributed by atoms with Gasteiger partial charge in [-0.2, -0.15) is 5.10 Å². The first kappa shape index (κ1) is 28.3. The number of nitrogens with zero attached hydrogens (tertiary/aromatic N) is 2. The molecule has 0 saturated carbocycles. The van der Waals surface area contributed by atoms with E-state index >= 15 is 0 Å². The predicted octanol–water partition coefficient (Wildman–Crippen LogP) is 4.82. The number of carbonyl (C=O) groups excluding carboxylic acids is 2. The van der Waals surface area contributed by atoms with Crippen molar-refractivity contribution in [2.24, 2.45) is 5.92 Å². The van der Waals surface area contributed by atoms with E-state index in [1.54, 1.807) is 63.6 Å². The summed E-state index contributed by atoms with van der Waals surface area (Å²) >= 11 is 0. The van der Waals surface area contributed by atoms with Crippen LogP contribution in [0.1, 0.15) is 79.2 Å². The number of Topliss-reactive ketones (excluding diaryl/α,β-unsaturated/α-hetero) is 1. The van der Waals surface area contributed by atoms with Gasteiger partial charge in [-0.05, 0) is 56.7 Å². The quantitative estimate of drug-likeness (QED) is 0.212. The Morgan fingerprint density at radius 2 is 1.86 bits per heavy atom. The van der Waals surface area contributed by atoms with E-state index in [1.807, 2.05) is 4.68 Å². The second-order valence-electron chi connectivity index (χ2n) is 10.1. The van der Waals surface area contributed by atoms with Crippen molar-refractivity contribution in [1.29, 1.82) is 0 Å². The van der Waals surface area contributed by atoms with Gasteiger partial charge < -0.3 is 20.3 Å². The molecule has 0 spiro atoms. The maximum atomic E-state index is 12.7. The lowest BCUT2D eigenvalue weighted by Crippen LogP contribution is -2.26. The first-order valence-corrected chi connectivity index (χ1v) is 13.0. The number of methoxy groups -OCH3 is 1. The molecule has 1 aromatic heterocycles. The van der Waals surface area contributed by atoms with Crippen molar-refractivity contribution in [3.8, 4) is 5.75 Å². The number of benzene rings is 2. The van der Waals surface area contributed by atoms with E-state index in [2.05, 4.69) is 17.3 Å². The van der Waals surface area contributed by atoms with Crippen molar-refractivity contribution in [3.63, 3.8) is 0 Å². The fourth-order valence-electron chi connectivity index (χ4n) is 4.53. The number of hydrogen-bond acceptors (Lipinski definition) is 6. The van der Waals surface area contributed by atoms with Gasteiger partial charge in [0, 0.05) is 38.4 Å². The van der Waals surface area contributed by atoms with Crippen LogP contribution >= 0.6 is 0 Å². The standard InChI is InChI=1S/C29H39N3O5/c1-5-7-20(8-6-9-26(33)21-10-12-22(13-11-21)29(2,3)36)18-32-19-24-25(31-32)15-14-23(27(24)34)28(35)30-16-17-37-4/h10-15,19-20,34,36H,5-9,16-18H2,1-4H3,(H,30,35). The molecule has 1 amide bonds.